The highest BCUT2D eigenvalue weighted by Crippen LogP contribution is 2.28. The zero-order valence-electron chi connectivity index (χ0n) is 17.6. The molecule has 1 atom stereocenters. The molecule has 1 amide bonds. The highest BCUT2D eigenvalue weighted by atomic mass is 35.5. The molecule has 2 heterocycles. The fraction of sp³-hybridized carbons (Fsp3) is 0.682. The van der Waals surface area contributed by atoms with Crippen molar-refractivity contribution < 1.29 is 14.3 Å². The molecule has 0 radical (unpaired) electrons. The maximum Gasteiger partial charge on any atom is 0.410 e. The summed E-state index contributed by atoms with van der Waals surface area (Å²) in [7, 11) is 0. The molecule has 1 unspecified atom stereocenters. The number of carbonyl (C=O) groups is 1. The van der Waals surface area contributed by atoms with Gasteiger partial charge < -0.3 is 19.3 Å². The molecule has 0 aliphatic carbocycles. The van der Waals surface area contributed by atoms with Gasteiger partial charge in [-0.2, -0.15) is 0 Å². The van der Waals surface area contributed by atoms with Crippen molar-refractivity contribution in [2.24, 2.45) is 5.92 Å². The number of halogens is 2. The monoisotopic (exact) mass is 442 g/mol. The minimum Gasteiger partial charge on any atom is -0.490 e. The lowest BCUT2D eigenvalue weighted by molar-refractivity contribution is 0.0128. The molecule has 2 aliphatic rings. The molecular weight excluding hydrogens is 411 g/mol. The second-order valence-electron chi connectivity index (χ2n) is 9.13. The van der Waals surface area contributed by atoms with Gasteiger partial charge in [0.05, 0.1) is 10.0 Å². The third-order valence-corrected chi connectivity index (χ3v) is 6.15. The minimum absolute atomic E-state index is 0.184. The molecule has 2 saturated heterocycles. The normalized spacial score (nSPS) is 21.8. The van der Waals surface area contributed by atoms with Gasteiger partial charge in [0.25, 0.3) is 0 Å². The quantitative estimate of drug-likeness (QED) is 0.618. The first-order valence-corrected chi connectivity index (χ1v) is 11.3. The van der Waals surface area contributed by atoms with Crippen LogP contribution in [0.1, 0.15) is 46.5 Å². The van der Waals surface area contributed by atoms with Gasteiger partial charge >= 0.3 is 6.09 Å². The summed E-state index contributed by atoms with van der Waals surface area (Å²) in [6, 6.07) is 5.42. The van der Waals surface area contributed by atoms with E-state index in [0.717, 1.165) is 57.7 Å². The minimum atomic E-state index is -0.444. The van der Waals surface area contributed by atoms with Gasteiger partial charge in [0.2, 0.25) is 0 Å². The van der Waals surface area contributed by atoms with Crippen LogP contribution in [0.5, 0.6) is 5.75 Å². The van der Waals surface area contributed by atoms with Crippen molar-refractivity contribution in [1.29, 1.82) is 0 Å². The van der Waals surface area contributed by atoms with Gasteiger partial charge in [-0.25, -0.2) is 4.79 Å². The predicted octanol–water partition coefficient (Wildman–Crippen LogP) is 5.48. The Morgan fingerprint density at radius 3 is 2.48 bits per heavy atom. The Morgan fingerprint density at radius 2 is 1.83 bits per heavy atom. The summed E-state index contributed by atoms with van der Waals surface area (Å²) < 4.78 is 11.6. The molecule has 0 spiro atoms. The van der Waals surface area contributed by atoms with Gasteiger partial charge in [0.1, 0.15) is 17.5 Å². The van der Waals surface area contributed by atoms with E-state index in [2.05, 4.69) is 4.90 Å². The maximum absolute atomic E-state index is 12.4. The fourth-order valence-electron chi connectivity index (χ4n) is 4.02. The summed E-state index contributed by atoms with van der Waals surface area (Å²) in [5.41, 5.74) is -0.444. The first-order chi connectivity index (χ1) is 13.7. The van der Waals surface area contributed by atoms with E-state index in [1.165, 1.54) is 6.42 Å². The van der Waals surface area contributed by atoms with Crippen molar-refractivity contribution in [2.75, 3.05) is 32.7 Å². The smallest absolute Gasteiger partial charge is 0.410 e. The van der Waals surface area contributed by atoms with E-state index in [-0.39, 0.29) is 12.2 Å². The third-order valence-electron chi connectivity index (χ3n) is 5.42. The lowest BCUT2D eigenvalue weighted by atomic mass is 9.96. The number of ether oxygens (including phenoxy) is 2. The molecule has 7 heteroatoms. The highest BCUT2D eigenvalue weighted by molar-refractivity contribution is 6.42. The Balaban J connectivity index is 1.43. The molecule has 1 aromatic rings. The Morgan fingerprint density at radius 1 is 1.10 bits per heavy atom. The molecular formula is C22H32Cl2N2O3. The standard InChI is InChI=1S/C22H32Cl2N2O3/c1-22(2,3)29-21(27)26-10-4-5-16(15-26)14-25-11-8-17(9-12-25)28-18-6-7-19(23)20(24)13-18/h6-7,13,16-17H,4-5,8-12,14-15H2,1-3H3. The largest absolute Gasteiger partial charge is 0.490 e. The van der Waals surface area contributed by atoms with Crippen molar-refractivity contribution in [3.05, 3.63) is 28.2 Å². The van der Waals surface area contributed by atoms with E-state index in [1.807, 2.05) is 31.7 Å². The molecule has 1 aromatic carbocycles. The van der Waals surface area contributed by atoms with E-state index >= 15 is 0 Å². The van der Waals surface area contributed by atoms with E-state index in [9.17, 15) is 4.79 Å². The van der Waals surface area contributed by atoms with Crippen LogP contribution >= 0.6 is 23.2 Å². The zero-order valence-corrected chi connectivity index (χ0v) is 19.1. The average molecular weight is 443 g/mol. The first-order valence-electron chi connectivity index (χ1n) is 10.5. The van der Waals surface area contributed by atoms with Crippen LogP contribution in [-0.4, -0.2) is 60.3 Å². The molecule has 2 fully saturated rings. The van der Waals surface area contributed by atoms with Gasteiger partial charge in [-0.15, -0.1) is 0 Å². The van der Waals surface area contributed by atoms with Crippen molar-refractivity contribution in [2.45, 2.75) is 58.2 Å². The summed E-state index contributed by atoms with van der Waals surface area (Å²) >= 11 is 12.0. The van der Waals surface area contributed by atoms with Gasteiger partial charge in [-0.05, 0) is 64.5 Å². The summed E-state index contributed by atoms with van der Waals surface area (Å²) in [4.78, 5) is 16.7. The van der Waals surface area contributed by atoms with Crippen LogP contribution in [0.15, 0.2) is 18.2 Å². The van der Waals surface area contributed by atoms with Gasteiger partial charge in [-0.1, -0.05) is 23.2 Å². The lowest BCUT2D eigenvalue weighted by Gasteiger charge is -2.38. The van der Waals surface area contributed by atoms with Crippen molar-refractivity contribution >= 4 is 29.3 Å². The number of likely N-dealkylation sites (tertiary alicyclic amines) is 2. The van der Waals surface area contributed by atoms with E-state index in [0.29, 0.717) is 16.0 Å². The molecule has 2 aliphatic heterocycles. The topological polar surface area (TPSA) is 42.0 Å². The number of hydrogen-bond donors (Lipinski definition) is 0. The Hall–Kier alpha value is -1.17. The lowest BCUT2D eigenvalue weighted by Crippen LogP contribution is -2.47. The summed E-state index contributed by atoms with van der Waals surface area (Å²) in [5, 5.41) is 1.06. The SMILES string of the molecule is CC(C)(C)OC(=O)N1CCCC(CN2CCC(Oc3ccc(Cl)c(Cl)c3)CC2)C1. The number of carbonyl (C=O) groups excluding carboxylic acids is 1. The second kappa shape index (κ2) is 9.76. The molecule has 162 valence electrons. The molecule has 29 heavy (non-hydrogen) atoms. The van der Waals surface area contributed by atoms with Crippen LogP contribution in [0.3, 0.4) is 0 Å². The molecule has 0 aromatic heterocycles. The molecule has 3 rings (SSSR count). The zero-order chi connectivity index (χ0) is 21.0. The van der Waals surface area contributed by atoms with E-state index in [4.69, 9.17) is 32.7 Å². The number of amides is 1. The summed E-state index contributed by atoms with van der Waals surface area (Å²) in [6.07, 6.45) is 4.20. The Labute approximate surface area is 184 Å². The number of benzene rings is 1. The molecule has 0 bridgehead atoms. The number of hydrogen-bond acceptors (Lipinski definition) is 4. The molecule has 0 N–H and O–H groups in total. The second-order valence-corrected chi connectivity index (χ2v) is 9.94. The van der Waals surface area contributed by atoms with Crippen LogP contribution in [-0.2, 0) is 4.74 Å². The van der Waals surface area contributed by atoms with Crippen LogP contribution < -0.4 is 4.74 Å². The van der Waals surface area contributed by atoms with E-state index < -0.39 is 5.60 Å². The summed E-state index contributed by atoms with van der Waals surface area (Å²) in [6.45, 7) is 10.4. The maximum atomic E-state index is 12.4. The average Bonchev–Trinajstić information content (AvgIpc) is 2.65. The van der Waals surface area contributed by atoms with Crippen molar-refractivity contribution in [3.8, 4) is 5.75 Å². The third kappa shape index (κ3) is 6.94. The van der Waals surface area contributed by atoms with Crippen molar-refractivity contribution in [1.82, 2.24) is 9.80 Å². The van der Waals surface area contributed by atoms with Crippen LogP contribution in [0.4, 0.5) is 4.79 Å². The first kappa shape index (κ1) is 22.5. The molecule has 5 nitrogen and oxygen atoms in total. The number of piperidine rings is 2. The summed E-state index contributed by atoms with van der Waals surface area (Å²) in [5.74, 6) is 1.28. The Bertz CT molecular complexity index is 700. The van der Waals surface area contributed by atoms with E-state index in [1.54, 1.807) is 12.1 Å². The molecule has 0 saturated carbocycles. The predicted molar refractivity (Wildman–Crippen MR) is 117 cm³/mol. The van der Waals surface area contributed by atoms with Gasteiger partial charge in [0, 0.05) is 38.8 Å². The van der Waals surface area contributed by atoms with Gasteiger partial charge in [-0.3, -0.25) is 0 Å². The number of rotatable bonds is 4. The van der Waals surface area contributed by atoms with Crippen molar-refractivity contribution in [3.63, 3.8) is 0 Å². The van der Waals surface area contributed by atoms with Crippen LogP contribution in [0.25, 0.3) is 0 Å². The fourth-order valence-corrected chi connectivity index (χ4v) is 4.31. The van der Waals surface area contributed by atoms with Crippen LogP contribution in [0.2, 0.25) is 10.0 Å². The van der Waals surface area contributed by atoms with Crippen LogP contribution in [0, 0.1) is 5.92 Å². The number of nitrogens with zero attached hydrogens (tertiary/aromatic N) is 2. The highest BCUT2D eigenvalue weighted by Gasteiger charge is 2.30. The Kier molecular flexibility index (Phi) is 7.58. The van der Waals surface area contributed by atoms with Gasteiger partial charge in [0.15, 0.2) is 0 Å².